The molecule has 2 aliphatic rings. The van der Waals surface area contributed by atoms with Crippen LogP contribution in [0.25, 0.3) is 0 Å². The van der Waals surface area contributed by atoms with Crippen molar-refractivity contribution < 1.29 is 4.79 Å². The first-order valence-corrected chi connectivity index (χ1v) is 10.6. The smallest absolute Gasteiger partial charge is 0.259 e. The SMILES string of the molecule is Cc1cccc(N2CCN(c3cncc(C(=O)N4CCc5ccccc54)c3)CC2)c1. The number of piperazine rings is 1. The summed E-state index contributed by atoms with van der Waals surface area (Å²) >= 11 is 0. The van der Waals surface area contributed by atoms with Gasteiger partial charge in [-0.3, -0.25) is 9.78 Å². The number of aromatic nitrogens is 1. The monoisotopic (exact) mass is 398 g/mol. The number of aryl methyl sites for hydroxylation is 1. The van der Waals surface area contributed by atoms with Gasteiger partial charge in [-0.05, 0) is 48.7 Å². The highest BCUT2D eigenvalue weighted by molar-refractivity contribution is 6.07. The van der Waals surface area contributed by atoms with Crippen LogP contribution in [0.5, 0.6) is 0 Å². The van der Waals surface area contributed by atoms with E-state index in [-0.39, 0.29) is 5.91 Å². The van der Waals surface area contributed by atoms with E-state index in [9.17, 15) is 4.79 Å². The van der Waals surface area contributed by atoms with Crippen molar-refractivity contribution in [1.82, 2.24) is 4.98 Å². The molecular weight excluding hydrogens is 372 g/mol. The van der Waals surface area contributed by atoms with Gasteiger partial charge in [0.25, 0.3) is 5.91 Å². The molecular formula is C25H26N4O. The summed E-state index contributed by atoms with van der Waals surface area (Å²) in [4.78, 5) is 24.2. The lowest BCUT2D eigenvalue weighted by molar-refractivity contribution is 0.0989. The average Bonchev–Trinajstić information content (AvgIpc) is 3.23. The summed E-state index contributed by atoms with van der Waals surface area (Å²) in [6.07, 6.45) is 4.47. The van der Waals surface area contributed by atoms with Gasteiger partial charge in [-0.1, -0.05) is 30.3 Å². The van der Waals surface area contributed by atoms with E-state index in [0.29, 0.717) is 5.56 Å². The molecule has 3 heterocycles. The Labute approximate surface area is 177 Å². The minimum atomic E-state index is 0.0349. The molecule has 0 radical (unpaired) electrons. The van der Waals surface area contributed by atoms with Gasteiger partial charge >= 0.3 is 0 Å². The second-order valence-corrected chi connectivity index (χ2v) is 8.08. The number of pyridine rings is 1. The molecule has 2 aromatic carbocycles. The van der Waals surface area contributed by atoms with E-state index >= 15 is 0 Å². The number of hydrogen-bond donors (Lipinski definition) is 0. The van der Waals surface area contributed by atoms with Crippen LogP contribution in [0.2, 0.25) is 0 Å². The second-order valence-electron chi connectivity index (χ2n) is 8.08. The van der Waals surface area contributed by atoms with Gasteiger partial charge in [-0.2, -0.15) is 0 Å². The predicted molar refractivity (Wildman–Crippen MR) is 122 cm³/mol. The van der Waals surface area contributed by atoms with Crippen molar-refractivity contribution in [3.05, 3.63) is 83.7 Å². The highest BCUT2D eigenvalue weighted by atomic mass is 16.2. The molecule has 1 aromatic heterocycles. The van der Waals surface area contributed by atoms with Crippen molar-refractivity contribution in [2.75, 3.05) is 47.4 Å². The topological polar surface area (TPSA) is 39.7 Å². The maximum Gasteiger partial charge on any atom is 0.259 e. The minimum absolute atomic E-state index is 0.0349. The Bertz CT molecular complexity index is 1070. The molecule has 2 aliphatic heterocycles. The van der Waals surface area contributed by atoms with Crippen LogP contribution in [-0.4, -0.2) is 43.6 Å². The highest BCUT2D eigenvalue weighted by Crippen LogP contribution is 2.29. The van der Waals surface area contributed by atoms with Crippen LogP contribution < -0.4 is 14.7 Å². The Balaban J connectivity index is 1.30. The van der Waals surface area contributed by atoms with Crippen molar-refractivity contribution >= 4 is 23.0 Å². The average molecular weight is 399 g/mol. The number of carbonyl (C=O) groups is 1. The van der Waals surface area contributed by atoms with Gasteiger partial charge in [-0.15, -0.1) is 0 Å². The van der Waals surface area contributed by atoms with Crippen LogP contribution in [0.3, 0.4) is 0 Å². The third-order valence-electron chi connectivity index (χ3n) is 6.11. The number of para-hydroxylation sites is 1. The molecule has 0 unspecified atom stereocenters. The molecule has 1 amide bonds. The number of anilines is 3. The molecule has 0 atom stereocenters. The van der Waals surface area contributed by atoms with E-state index < -0.39 is 0 Å². The third-order valence-corrected chi connectivity index (χ3v) is 6.11. The van der Waals surface area contributed by atoms with E-state index in [1.165, 1.54) is 16.8 Å². The standard InChI is InChI=1S/C25H26N4O/c1-19-5-4-7-22(15-19)27-11-13-28(14-12-27)23-16-21(17-26-18-23)25(30)29-10-9-20-6-2-3-8-24(20)29/h2-8,15-18H,9-14H2,1H3. The number of fused-ring (bicyclic) bond motifs is 1. The molecule has 0 bridgehead atoms. The van der Waals surface area contributed by atoms with Gasteiger partial charge in [0.15, 0.2) is 0 Å². The summed E-state index contributed by atoms with van der Waals surface area (Å²) in [6.45, 7) is 6.62. The van der Waals surface area contributed by atoms with Crippen LogP contribution in [0.15, 0.2) is 67.0 Å². The number of carbonyl (C=O) groups excluding carboxylic acids is 1. The van der Waals surface area contributed by atoms with Gasteiger partial charge < -0.3 is 14.7 Å². The largest absolute Gasteiger partial charge is 0.368 e. The van der Waals surface area contributed by atoms with Crippen LogP contribution >= 0.6 is 0 Å². The first-order valence-electron chi connectivity index (χ1n) is 10.6. The fourth-order valence-corrected chi connectivity index (χ4v) is 4.47. The second kappa shape index (κ2) is 7.82. The van der Waals surface area contributed by atoms with Gasteiger partial charge in [0.1, 0.15) is 0 Å². The van der Waals surface area contributed by atoms with Gasteiger partial charge in [0.2, 0.25) is 0 Å². The molecule has 0 aliphatic carbocycles. The molecule has 0 saturated carbocycles. The zero-order valence-corrected chi connectivity index (χ0v) is 17.3. The lowest BCUT2D eigenvalue weighted by Gasteiger charge is -2.37. The van der Waals surface area contributed by atoms with Gasteiger partial charge in [0.05, 0.1) is 17.4 Å². The molecule has 0 N–H and O–H groups in total. The third kappa shape index (κ3) is 3.52. The van der Waals surface area contributed by atoms with E-state index in [1.807, 2.05) is 35.4 Å². The van der Waals surface area contributed by atoms with E-state index in [2.05, 4.69) is 52.0 Å². The maximum atomic E-state index is 13.2. The van der Waals surface area contributed by atoms with E-state index in [0.717, 1.165) is 50.5 Å². The van der Waals surface area contributed by atoms with Gasteiger partial charge in [0, 0.05) is 50.3 Å². The Morgan fingerprint density at radius 2 is 1.60 bits per heavy atom. The minimum Gasteiger partial charge on any atom is -0.368 e. The maximum absolute atomic E-state index is 13.2. The molecule has 152 valence electrons. The summed E-state index contributed by atoms with van der Waals surface area (Å²) in [6, 6.07) is 18.8. The fraction of sp³-hybridized carbons (Fsp3) is 0.280. The number of amides is 1. The van der Waals surface area contributed by atoms with Crippen LogP contribution in [0.4, 0.5) is 17.1 Å². The first-order chi connectivity index (χ1) is 14.7. The van der Waals surface area contributed by atoms with E-state index in [4.69, 9.17) is 0 Å². The Hall–Kier alpha value is -3.34. The quantitative estimate of drug-likeness (QED) is 0.670. The van der Waals surface area contributed by atoms with Crippen molar-refractivity contribution in [3.8, 4) is 0 Å². The zero-order chi connectivity index (χ0) is 20.5. The number of benzene rings is 2. The molecule has 30 heavy (non-hydrogen) atoms. The number of rotatable bonds is 3. The summed E-state index contributed by atoms with van der Waals surface area (Å²) in [5.74, 6) is 0.0349. The fourth-order valence-electron chi connectivity index (χ4n) is 4.47. The van der Waals surface area contributed by atoms with Gasteiger partial charge in [-0.25, -0.2) is 0 Å². The molecule has 1 fully saturated rings. The summed E-state index contributed by atoms with van der Waals surface area (Å²) in [7, 11) is 0. The van der Waals surface area contributed by atoms with Crippen molar-refractivity contribution in [2.24, 2.45) is 0 Å². The van der Waals surface area contributed by atoms with Crippen molar-refractivity contribution in [3.63, 3.8) is 0 Å². The summed E-state index contributed by atoms with van der Waals surface area (Å²) < 4.78 is 0. The lowest BCUT2D eigenvalue weighted by atomic mass is 10.1. The predicted octanol–water partition coefficient (Wildman–Crippen LogP) is 3.92. The molecule has 3 aromatic rings. The molecule has 0 spiro atoms. The number of hydrogen-bond acceptors (Lipinski definition) is 4. The molecule has 5 heteroatoms. The Morgan fingerprint density at radius 1 is 0.833 bits per heavy atom. The molecule has 5 nitrogen and oxygen atoms in total. The van der Waals surface area contributed by atoms with Crippen molar-refractivity contribution in [2.45, 2.75) is 13.3 Å². The Kier molecular flexibility index (Phi) is 4.87. The van der Waals surface area contributed by atoms with E-state index in [1.54, 1.807) is 6.20 Å². The zero-order valence-electron chi connectivity index (χ0n) is 17.3. The van der Waals surface area contributed by atoms with Crippen LogP contribution in [0.1, 0.15) is 21.5 Å². The highest BCUT2D eigenvalue weighted by Gasteiger charge is 2.26. The van der Waals surface area contributed by atoms with Crippen LogP contribution in [-0.2, 0) is 6.42 Å². The van der Waals surface area contributed by atoms with Crippen molar-refractivity contribution in [1.29, 1.82) is 0 Å². The summed E-state index contributed by atoms with van der Waals surface area (Å²) in [5.41, 5.74) is 6.52. The van der Waals surface area contributed by atoms with Crippen LogP contribution in [0, 0.1) is 6.92 Å². The summed E-state index contributed by atoms with van der Waals surface area (Å²) in [5, 5.41) is 0. The first kappa shape index (κ1) is 18.7. The molecule has 5 rings (SSSR count). The molecule has 1 saturated heterocycles. The number of nitrogens with zero attached hydrogens (tertiary/aromatic N) is 4. The Morgan fingerprint density at radius 3 is 2.40 bits per heavy atom. The normalized spacial score (nSPS) is 16.0. The lowest BCUT2D eigenvalue weighted by Crippen LogP contribution is -2.46.